The molecule has 3 aromatic rings. The van der Waals surface area contributed by atoms with Crippen molar-refractivity contribution in [3.63, 3.8) is 0 Å². The van der Waals surface area contributed by atoms with E-state index in [1.807, 2.05) is 39.0 Å². The van der Waals surface area contributed by atoms with Crippen molar-refractivity contribution in [3.05, 3.63) is 47.5 Å². The molecule has 2 aromatic carbocycles. The number of nitrogens with zero attached hydrogens (tertiary/aromatic N) is 3. The molecule has 1 atom stereocenters. The number of hydrogen-bond acceptors (Lipinski definition) is 6. The largest absolute Gasteiger partial charge is 0.507 e. The maximum atomic E-state index is 10.7. The number of anilines is 1. The van der Waals surface area contributed by atoms with Crippen LogP contribution in [-0.4, -0.2) is 56.1 Å². The van der Waals surface area contributed by atoms with Gasteiger partial charge in [0.1, 0.15) is 11.4 Å². The van der Waals surface area contributed by atoms with Crippen LogP contribution in [0.2, 0.25) is 0 Å². The second kappa shape index (κ2) is 8.01. The fraction of sp³-hybridized carbons (Fsp3) is 0.462. The van der Waals surface area contributed by atoms with E-state index in [9.17, 15) is 10.2 Å². The highest BCUT2D eigenvalue weighted by Gasteiger charge is 2.42. The van der Waals surface area contributed by atoms with Gasteiger partial charge in [-0.3, -0.25) is 4.90 Å². The van der Waals surface area contributed by atoms with Crippen LogP contribution < -0.4 is 5.32 Å². The van der Waals surface area contributed by atoms with Crippen LogP contribution in [0.4, 0.5) is 5.82 Å². The normalized spacial score (nSPS) is 26.1. The number of piperidine rings is 1. The molecule has 1 saturated carbocycles. The van der Waals surface area contributed by atoms with Gasteiger partial charge in [0.15, 0.2) is 5.82 Å². The zero-order valence-electron chi connectivity index (χ0n) is 19.1. The number of fused-ring (bicyclic) bond motifs is 1. The third-order valence-electron chi connectivity index (χ3n) is 7.04. The Morgan fingerprint density at radius 3 is 2.56 bits per heavy atom. The van der Waals surface area contributed by atoms with Crippen LogP contribution in [0.1, 0.15) is 43.7 Å². The lowest BCUT2D eigenvalue weighted by Gasteiger charge is -2.49. The van der Waals surface area contributed by atoms with Gasteiger partial charge in [0.05, 0.1) is 5.60 Å². The molecule has 6 heteroatoms. The average molecular weight is 433 g/mol. The number of aromatic nitrogens is 2. The Balaban J connectivity index is 1.43. The second-order valence-corrected chi connectivity index (χ2v) is 9.96. The van der Waals surface area contributed by atoms with E-state index in [0.29, 0.717) is 17.8 Å². The molecule has 168 valence electrons. The topological polar surface area (TPSA) is 81.5 Å². The highest BCUT2D eigenvalue weighted by molar-refractivity contribution is 6.01. The molecule has 1 aliphatic carbocycles. The lowest BCUT2D eigenvalue weighted by Crippen LogP contribution is -2.57. The number of aromatic hydroxyl groups is 1. The number of aliphatic hydroxyl groups is 1. The van der Waals surface area contributed by atoms with E-state index in [4.69, 9.17) is 0 Å². The number of likely N-dealkylation sites (tertiary alicyclic amines) is 1. The van der Waals surface area contributed by atoms with Crippen LogP contribution in [0.15, 0.2) is 36.4 Å². The van der Waals surface area contributed by atoms with E-state index < -0.39 is 5.60 Å². The van der Waals surface area contributed by atoms with Gasteiger partial charge in [-0.2, -0.15) is 0 Å². The van der Waals surface area contributed by atoms with Crippen LogP contribution in [0.5, 0.6) is 5.75 Å². The molecule has 5 rings (SSSR count). The number of rotatable bonds is 4. The van der Waals surface area contributed by atoms with E-state index in [1.165, 1.54) is 0 Å². The van der Waals surface area contributed by atoms with Crippen LogP contribution >= 0.6 is 0 Å². The smallest absolute Gasteiger partial charge is 0.156 e. The zero-order valence-corrected chi connectivity index (χ0v) is 19.1. The lowest BCUT2D eigenvalue weighted by molar-refractivity contribution is -0.0823. The Morgan fingerprint density at radius 1 is 1.09 bits per heavy atom. The first-order valence-corrected chi connectivity index (χ1v) is 11.6. The summed E-state index contributed by atoms with van der Waals surface area (Å²) in [7, 11) is 0. The molecular formula is C26H32N4O2. The second-order valence-electron chi connectivity index (χ2n) is 9.96. The van der Waals surface area contributed by atoms with Gasteiger partial charge in [-0.15, -0.1) is 10.2 Å². The third-order valence-corrected chi connectivity index (χ3v) is 7.04. The molecule has 0 bridgehead atoms. The highest BCUT2D eigenvalue weighted by Crippen LogP contribution is 2.39. The molecule has 1 aromatic heterocycles. The Bertz CT molecular complexity index is 1130. The average Bonchev–Trinajstić information content (AvgIpc) is 2.73. The summed E-state index contributed by atoms with van der Waals surface area (Å²) in [6, 6.07) is 12.8. The molecule has 2 aliphatic rings. The Labute approximate surface area is 189 Å². The van der Waals surface area contributed by atoms with Gasteiger partial charge in [-0.25, -0.2) is 0 Å². The van der Waals surface area contributed by atoms with E-state index in [-0.39, 0.29) is 5.75 Å². The molecule has 1 unspecified atom stereocenters. The maximum Gasteiger partial charge on any atom is 0.156 e. The Morgan fingerprint density at radius 2 is 1.84 bits per heavy atom. The first-order valence-electron chi connectivity index (χ1n) is 11.6. The fourth-order valence-corrected chi connectivity index (χ4v) is 5.51. The molecule has 2 heterocycles. The summed E-state index contributed by atoms with van der Waals surface area (Å²) in [6.07, 6.45) is 3.94. The van der Waals surface area contributed by atoms with Crippen molar-refractivity contribution in [3.8, 4) is 17.0 Å². The summed E-state index contributed by atoms with van der Waals surface area (Å²) in [6.45, 7) is 7.96. The summed E-state index contributed by atoms with van der Waals surface area (Å²) in [4.78, 5) is 2.51. The summed E-state index contributed by atoms with van der Waals surface area (Å²) in [5, 5.41) is 35.6. The van der Waals surface area contributed by atoms with Crippen LogP contribution in [-0.2, 0) is 0 Å². The number of aryl methyl sites for hydroxylation is 2. The Hall–Kier alpha value is -2.70. The molecular weight excluding hydrogens is 400 g/mol. The van der Waals surface area contributed by atoms with Gasteiger partial charge in [0.25, 0.3) is 0 Å². The molecule has 6 nitrogen and oxygen atoms in total. The fourth-order valence-electron chi connectivity index (χ4n) is 5.51. The Kier molecular flexibility index (Phi) is 5.30. The van der Waals surface area contributed by atoms with Gasteiger partial charge < -0.3 is 15.5 Å². The first-order chi connectivity index (χ1) is 15.3. The maximum absolute atomic E-state index is 10.7. The number of hydrogen-bond donors (Lipinski definition) is 3. The van der Waals surface area contributed by atoms with E-state index in [2.05, 4.69) is 32.5 Å². The summed E-state index contributed by atoms with van der Waals surface area (Å²) < 4.78 is 0. The summed E-state index contributed by atoms with van der Waals surface area (Å²) in [5.74, 6) is 1.03. The molecule has 2 fully saturated rings. The zero-order chi connectivity index (χ0) is 22.5. The molecule has 0 spiro atoms. The van der Waals surface area contributed by atoms with Gasteiger partial charge in [-0.1, -0.05) is 30.3 Å². The minimum Gasteiger partial charge on any atom is -0.507 e. The van der Waals surface area contributed by atoms with Crippen molar-refractivity contribution in [2.45, 2.75) is 64.1 Å². The third kappa shape index (κ3) is 3.93. The van der Waals surface area contributed by atoms with Crippen molar-refractivity contribution < 1.29 is 10.2 Å². The number of benzene rings is 2. The quantitative estimate of drug-likeness (QED) is 0.567. The molecule has 3 N–H and O–H groups in total. The number of phenols is 1. The summed E-state index contributed by atoms with van der Waals surface area (Å²) in [5.41, 5.74) is 2.97. The minimum atomic E-state index is -0.498. The molecule has 32 heavy (non-hydrogen) atoms. The standard InChI is InChI=1S/C26H32N4O2/c1-16-11-17(2)23(22(31)12-16)24-20-8-4-5-9-21(20)25(29-28-24)27-18-7-6-10-30(15-18)19-13-26(3,32)14-19/h4-5,8-9,11-12,18-19,31-32H,6-7,10,13-15H2,1-3H3,(H,27,29). The lowest BCUT2D eigenvalue weighted by atomic mass is 9.76. The van der Waals surface area contributed by atoms with Crippen molar-refractivity contribution >= 4 is 16.6 Å². The minimum absolute atomic E-state index is 0.238. The van der Waals surface area contributed by atoms with Gasteiger partial charge >= 0.3 is 0 Å². The summed E-state index contributed by atoms with van der Waals surface area (Å²) >= 11 is 0. The van der Waals surface area contributed by atoms with Crippen LogP contribution in [0, 0.1) is 13.8 Å². The van der Waals surface area contributed by atoms with E-state index >= 15 is 0 Å². The van der Waals surface area contributed by atoms with Crippen molar-refractivity contribution in [2.24, 2.45) is 0 Å². The van der Waals surface area contributed by atoms with Gasteiger partial charge in [0.2, 0.25) is 0 Å². The van der Waals surface area contributed by atoms with Crippen LogP contribution in [0.25, 0.3) is 22.0 Å². The molecule has 1 aliphatic heterocycles. The van der Waals surface area contributed by atoms with E-state index in [0.717, 1.165) is 72.1 Å². The number of phenolic OH excluding ortho intramolecular Hbond substituents is 1. The molecule has 0 radical (unpaired) electrons. The predicted octanol–water partition coefficient (Wildman–Crippen LogP) is 4.41. The SMILES string of the molecule is Cc1cc(C)c(-c2nnc(NC3CCCN(C4CC(C)(O)C4)C3)c3ccccc23)c(O)c1. The van der Waals surface area contributed by atoms with Gasteiger partial charge in [0, 0.05) is 35.0 Å². The molecule has 1 saturated heterocycles. The number of nitrogens with one attached hydrogen (secondary N) is 1. The van der Waals surface area contributed by atoms with E-state index in [1.54, 1.807) is 6.07 Å². The first kappa shape index (κ1) is 21.2. The van der Waals surface area contributed by atoms with Crippen molar-refractivity contribution in [1.29, 1.82) is 0 Å². The van der Waals surface area contributed by atoms with Crippen molar-refractivity contribution in [1.82, 2.24) is 15.1 Å². The van der Waals surface area contributed by atoms with Crippen LogP contribution in [0.3, 0.4) is 0 Å². The van der Waals surface area contributed by atoms with Gasteiger partial charge in [-0.05, 0) is 70.2 Å². The predicted molar refractivity (Wildman–Crippen MR) is 128 cm³/mol. The van der Waals surface area contributed by atoms with Crippen molar-refractivity contribution in [2.75, 3.05) is 18.4 Å². The highest BCUT2D eigenvalue weighted by atomic mass is 16.3. The molecule has 0 amide bonds. The monoisotopic (exact) mass is 432 g/mol.